The molecule has 1 aromatic carbocycles. The van der Waals surface area contributed by atoms with Gasteiger partial charge < -0.3 is 30.5 Å². The summed E-state index contributed by atoms with van der Waals surface area (Å²) in [5.74, 6) is 0.979. The van der Waals surface area contributed by atoms with E-state index < -0.39 is 6.10 Å². The van der Waals surface area contributed by atoms with Gasteiger partial charge in [0.1, 0.15) is 5.75 Å². The van der Waals surface area contributed by atoms with Crippen LogP contribution in [-0.4, -0.2) is 74.6 Å². The van der Waals surface area contributed by atoms with E-state index in [4.69, 9.17) is 15.2 Å². The van der Waals surface area contributed by atoms with E-state index in [1.54, 1.807) is 13.2 Å². The van der Waals surface area contributed by atoms with Crippen LogP contribution >= 0.6 is 24.8 Å². The number of amides is 1. The van der Waals surface area contributed by atoms with Crippen molar-refractivity contribution in [3.05, 3.63) is 29.8 Å². The standard InChI is InChI=1S/C25H43N3O4.2ClH/c1-19(2)20(16-22(26)23(29)18-28-12-6-7-13-28)17-27-25(30)21-10-4-5-11-24(21)32-15-9-8-14-31-3;;/h4-5,10-11,19-20,22-23,29H,6-9,12-18,26H2,1-3H3,(H,27,30);2*1H. The molecule has 7 nitrogen and oxygen atoms in total. The molecule has 0 spiro atoms. The highest BCUT2D eigenvalue weighted by molar-refractivity contribution is 5.96. The molecule has 1 saturated heterocycles. The molecule has 3 atom stereocenters. The van der Waals surface area contributed by atoms with Crippen LogP contribution < -0.4 is 15.8 Å². The lowest BCUT2D eigenvalue weighted by Crippen LogP contribution is -2.45. The molecule has 2 rings (SSSR count). The number of methoxy groups -OCH3 is 1. The molecule has 9 heteroatoms. The maximum atomic E-state index is 12.9. The van der Waals surface area contributed by atoms with Gasteiger partial charge in [-0.1, -0.05) is 26.0 Å². The van der Waals surface area contributed by atoms with Crippen LogP contribution in [0.4, 0.5) is 0 Å². The number of rotatable bonds is 15. The zero-order valence-electron chi connectivity index (χ0n) is 20.9. The van der Waals surface area contributed by atoms with Crippen LogP contribution in [0.3, 0.4) is 0 Å². The monoisotopic (exact) mass is 521 g/mol. The molecule has 0 aliphatic carbocycles. The second-order valence-corrected chi connectivity index (χ2v) is 9.23. The summed E-state index contributed by atoms with van der Waals surface area (Å²) < 4.78 is 10.9. The second-order valence-electron chi connectivity index (χ2n) is 9.23. The van der Waals surface area contributed by atoms with Gasteiger partial charge in [-0.3, -0.25) is 4.79 Å². The van der Waals surface area contributed by atoms with Crippen LogP contribution in [0.25, 0.3) is 0 Å². The van der Waals surface area contributed by atoms with Crippen molar-refractivity contribution in [3.63, 3.8) is 0 Å². The number of para-hydroxylation sites is 1. The van der Waals surface area contributed by atoms with Gasteiger partial charge in [0, 0.05) is 32.8 Å². The van der Waals surface area contributed by atoms with Crippen molar-refractivity contribution in [2.45, 2.75) is 58.1 Å². The molecule has 1 aliphatic rings. The Kier molecular flexibility index (Phi) is 17.6. The molecule has 0 bridgehead atoms. The van der Waals surface area contributed by atoms with Gasteiger partial charge in [0.15, 0.2) is 0 Å². The summed E-state index contributed by atoms with van der Waals surface area (Å²) in [6.45, 7) is 8.75. The number of nitrogens with two attached hydrogens (primary N) is 1. The number of unbranched alkanes of at least 4 members (excludes halogenated alkanes) is 1. The molecule has 1 amide bonds. The number of nitrogens with one attached hydrogen (secondary N) is 1. The first-order valence-electron chi connectivity index (χ1n) is 12.1. The molecule has 198 valence electrons. The van der Waals surface area contributed by atoms with E-state index in [0.29, 0.717) is 50.0 Å². The number of carbonyl (C=O) groups is 1. The summed E-state index contributed by atoms with van der Waals surface area (Å²) in [6, 6.07) is 7.03. The fourth-order valence-corrected chi connectivity index (χ4v) is 4.09. The van der Waals surface area contributed by atoms with E-state index >= 15 is 0 Å². The number of nitrogens with zero attached hydrogens (tertiary/aromatic N) is 1. The Labute approximate surface area is 217 Å². The zero-order chi connectivity index (χ0) is 23.3. The minimum absolute atomic E-state index is 0. The molecule has 34 heavy (non-hydrogen) atoms. The van der Waals surface area contributed by atoms with E-state index in [-0.39, 0.29) is 42.7 Å². The SMILES string of the molecule is COCCCCOc1ccccc1C(=O)NCC(CC(N)C(O)CN1CCCC1)C(C)C.Cl.Cl. The Morgan fingerprint density at radius 2 is 1.79 bits per heavy atom. The number of hydrogen-bond donors (Lipinski definition) is 3. The molecule has 4 N–H and O–H groups in total. The fraction of sp³-hybridized carbons (Fsp3) is 0.720. The number of carbonyl (C=O) groups excluding carboxylic acids is 1. The van der Waals surface area contributed by atoms with Crippen LogP contribution in [-0.2, 0) is 4.74 Å². The number of halogens is 2. The minimum atomic E-state index is -0.544. The van der Waals surface area contributed by atoms with E-state index in [1.807, 2.05) is 18.2 Å². The van der Waals surface area contributed by atoms with Gasteiger partial charge >= 0.3 is 0 Å². The van der Waals surface area contributed by atoms with Crippen LogP contribution in [0, 0.1) is 11.8 Å². The number of β-amino-alcohol motifs (C(OH)–C–C–N with tert-alkyl or cyclic N) is 1. The summed E-state index contributed by atoms with van der Waals surface area (Å²) in [6.07, 6.45) is 4.31. The lowest BCUT2D eigenvalue weighted by Gasteiger charge is -2.29. The van der Waals surface area contributed by atoms with E-state index in [9.17, 15) is 9.90 Å². The summed E-state index contributed by atoms with van der Waals surface area (Å²) in [5, 5.41) is 13.6. The number of aliphatic hydroxyl groups is 1. The van der Waals surface area contributed by atoms with Crippen LogP contribution in [0.2, 0.25) is 0 Å². The molecule has 1 fully saturated rings. The molecule has 0 saturated carbocycles. The summed E-state index contributed by atoms with van der Waals surface area (Å²) in [4.78, 5) is 15.2. The summed E-state index contributed by atoms with van der Waals surface area (Å²) in [5.41, 5.74) is 6.89. The van der Waals surface area contributed by atoms with Gasteiger partial charge in [-0.25, -0.2) is 0 Å². The Balaban J connectivity index is 0.00000544. The number of hydrogen-bond acceptors (Lipinski definition) is 6. The number of benzene rings is 1. The number of likely N-dealkylation sites (tertiary alicyclic amines) is 1. The predicted octanol–water partition coefficient (Wildman–Crippen LogP) is 3.51. The molecular weight excluding hydrogens is 477 g/mol. The van der Waals surface area contributed by atoms with Crippen LogP contribution in [0.1, 0.15) is 56.3 Å². The van der Waals surface area contributed by atoms with Crippen molar-refractivity contribution >= 4 is 30.7 Å². The van der Waals surface area contributed by atoms with Gasteiger partial charge in [-0.05, 0) is 69.2 Å². The van der Waals surface area contributed by atoms with Gasteiger partial charge in [0.2, 0.25) is 0 Å². The lowest BCUT2D eigenvalue weighted by atomic mass is 9.87. The quantitative estimate of drug-likeness (QED) is 0.305. The summed E-state index contributed by atoms with van der Waals surface area (Å²) in [7, 11) is 1.69. The first kappa shape index (κ1) is 32.9. The molecule has 1 aromatic rings. The summed E-state index contributed by atoms with van der Waals surface area (Å²) >= 11 is 0. The van der Waals surface area contributed by atoms with Gasteiger partial charge in [-0.15, -0.1) is 24.8 Å². The van der Waals surface area contributed by atoms with Crippen molar-refractivity contribution in [1.29, 1.82) is 0 Å². The van der Waals surface area contributed by atoms with Crippen molar-refractivity contribution < 1.29 is 19.4 Å². The first-order valence-corrected chi connectivity index (χ1v) is 12.1. The largest absolute Gasteiger partial charge is 0.493 e. The molecule has 1 heterocycles. The maximum Gasteiger partial charge on any atom is 0.255 e. The normalized spacial score (nSPS) is 16.3. The highest BCUT2D eigenvalue weighted by atomic mass is 35.5. The van der Waals surface area contributed by atoms with E-state index in [0.717, 1.165) is 25.9 Å². The lowest BCUT2D eigenvalue weighted by molar-refractivity contribution is 0.0858. The van der Waals surface area contributed by atoms with E-state index in [1.165, 1.54) is 12.8 Å². The van der Waals surface area contributed by atoms with Crippen LogP contribution in [0.15, 0.2) is 24.3 Å². The molecule has 0 aromatic heterocycles. The van der Waals surface area contributed by atoms with Crippen molar-refractivity contribution in [2.75, 3.05) is 46.5 Å². The number of ether oxygens (including phenoxy) is 2. The van der Waals surface area contributed by atoms with Gasteiger partial charge in [0.05, 0.1) is 18.3 Å². The molecular formula is C25H45Cl2N3O4. The smallest absolute Gasteiger partial charge is 0.255 e. The van der Waals surface area contributed by atoms with Crippen molar-refractivity contribution in [1.82, 2.24) is 10.2 Å². The third kappa shape index (κ3) is 11.6. The average molecular weight is 523 g/mol. The topological polar surface area (TPSA) is 97.0 Å². The number of aliphatic hydroxyl groups excluding tert-OH is 1. The van der Waals surface area contributed by atoms with Crippen molar-refractivity contribution in [3.8, 4) is 5.75 Å². The first-order chi connectivity index (χ1) is 15.4. The predicted molar refractivity (Wildman–Crippen MR) is 142 cm³/mol. The Bertz CT molecular complexity index is 675. The Morgan fingerprint density at radius 3 is 2.44 bits per heavy atom. The maximum absolute atomic E-state index is 12.9. The fourth-order valence-electron chi connectivity index (χ4n) is 4.09. The molecule has 1 aliphatic heterocycles. The zero-order valence-corrected chi connectivity index (χ0v) is 22.5. The molecule has 3 unspecified atom stereocenters. The Morgan fingerprint density at radius 1 is 1.15 bits per heavy atom. The average Bonchev–Trinajstić information content (AvgIpc) is 3.29. The van der Waals surface area contributed by atoms with E-state index in [2.05, 4.69) is 24.1 Å². The van der Waals surface area contributed by atoms with Gasteiger partial charge in [-0.2, -0.15) is 0 Å². The van der Waals surface area contributed by atoms with Gasteiger partial charge in [0.25, 0.3) is 5.91 Å². The third-order valence-electron chi connectivity index (χ3n) is 6.31. The minimum Gasteiger partial charge on any atom is -0.493 e. The van der Waals surface area contributed by atoms with Crippen molar-refractivity contribution in [2.24, 2.45) is 17.6 Å². The molecule has 0 radical (unpaired) electrons. The third-order valence-corrected chi connectivity index (χ3v) is 6.31. The highest BCUT2D eigenvalue weighted by Crippen LogP contribution is 2.21. The Hall–Kier alpha value is -1.09. The van der Waals surface area contributed by atoms with Crippen LogP contribution in [0.5, 0.6) is 5.75 Å². The second kappa shape index (κ2) is 18.2. The highest BCUT2D eigenvalue weighted by Gasteiger charge is 2.25.